The number of fused-ring (bicyclic) bond motifs is 1. The molecule has 0 saturated carbocycles. The Morgan fingerprint density at radius 1 is 0.971 bits per heavy atom. The third kappa shape index (κ3) is 8.98. The van der Waals surface area contributed by atoms with Gasteiger partial charge in [0.05, 0.1) is 19.3 Å². The second kappa shape index (κ2) is 12.8. The van der Waals surface area contributed by atoms with Crippen molar-refractivity contribution in [2.75, 3.05) is 6.61 Å². The van der Waals surface area contributed by atoms with Gasteiger partial charge in [-0.1, -0.05) is 26.2 Å². The molecule has 2 rings (SSSR count). The zero-order valence-corrected chi connectivity index (χ0v) is 21.8. The van der Waals surface area contributed by atoms with Crippen LogP contribution in [0.15, 0.2) is 18.2 Å². The van der Waals surface area contributed by atoms with Gasteiger partial charge in [0.2, 0.25) is 5.79 Å². The van der Waals surface area contributed by atoms with E-state index in [1.54, 1.807) is 0 Å². The molecule has 34 heavy (non-hydrogen) atoms. The molecule has 10 heteroatoms. The van der Waals surface area contributed by atoms with Gasteiger partial charge in [-0.15, -0.1) is 0 Å². The maximum absolute atomic E-state index is 11.5. The molecule has 0 fully saturated rings. The van der Waals surface area contributed by atoms with Crippen LogP contribution in [0.2, 0.25) is 6.04 Å². The second-order valence-corrected chi connectivity index (χ2v) is 11.0. The van der Waals surface area contributed by atoms with E-state index in [-0.39, 0.29) is 12.7 Å². The van der Waals surface area contributed by atoms with Gasteiger partial charge in [0.1, 0.15) is 11.5 Å². The van der Waals surface area contributed by atoms with Crippen LogP contribution < -0.4 is 9.47 Å². The molecule has 0 bridgehead atoms. The lowest BCUT2D eigenvalue weighted by molar-refractivity contribution is -0.198. The molecule has 1 aliphatic rings. The Morgan fingerprint density at radius 3 is 2.21 bits per heavy atom. The minimum absolute atomic E-state index is 0.0549. The Hall–Kier alpha value is -2.59. The molecular weight excluding hydrogens is 460 g/mol. The first-order chi connectivity index (χ1) is 16.1. The lowest BCUT2D eigenvalue weighted by Crippen LogP contribution is -2.49. The normalized spacial score (nSPS) is 17.2. The van der Waals surface area contributed by atoms with Gasteiger partial charge in [-0.25, -0.2) is 0 Å². The van der Waals surface area contributed by atoms with E-state index >= 15 is 0 Å². The molecule has 0 aromatic heterocycles. The Morgan fingerprint density at radius 2 is 1.62 bits per heavy atom. The molecule has 0 amide bonds. The zero-order valence-electron chi connectivity index (χ0n) is 20.8. The SMILES string of the molecule is CCCCCCC1(C)OCc2cc(OCCC[Si](OC(C)=O)(OC(C)=O)OC(C)=O)ccc2O1. The van der Waals surface area contributed by atoms with E-state index in [0.717, 1.165) is 30.6 Å². The largest absolute Gasteiger partial charge is 0.705 e. The minimum atomic E-state index is -3.85. The lowest BCUT2D eigenvalue weighted by atomic mass is 10.1. The van der Waals surface area contributed by atoms with Gasteiger partial charge in [-0.2, -0.15) is 0 Å². The van der Waals surface area contributed by atoms with Crippen molar-refractivity contribution in [1.29, 1.82) is 0 Å². The summed E-state index contributed by atoms with van der Waals surface area (Å²) in [4.78, 5) is 34.6. The summed E-state index contributed by atoms with van der Waals surface area (Å²) in [5.41, 5.74) is 0.895. The van der Waals surface area contributed by atoms with Gasteiger partial charge >= 0.3 is 8.80 Å². The number of unbranched alkanes of at least 4 members (excludes halogenated alkanes) is 3. The van der Waals surface area contributed by atoms with E-state index in [9.17, 15) is 14.4 Å². The molecule has 0 N–H and O–H groups in total. The zero-order chi connectivity index (χ0) is 25.2. The Kier molecular flexibility index (Phi) is 10.4. The van der Waals surface area contributed by atoms with Crippen LogP contribution in [0.5, 0.6) is 11.5 Å². The summed E-state index contributed by atoms with van der Waals surface area (Å²) in [6, 6.07) is 5.60. The maximum Gasteiger partial charge on any atom is 0.705 e. The van der Waals surface area contributed by atoms with Crippen LogP contribution >= 0.6 is 0 Å². The minimum Gasteiger partial charge on any atom is -0.494 e. The number of rotatable bonds is 13. The quantitative estimate of drug-likeness (QED) is 0.284. The number of benzene rings is 1. The van der Waals surface area contributed by atoms with Gasteiger partial charge in [0.15, 0.2) is 0 Å². The number of ether oxygens (including phenoxy) is 3. The fourth-order valence-electron chi connectivity index (χ4n) is 3.70. The summed E-state index contributed by atoms with van der Waals surface area (Å²) in [6.45, 7) is 8.31. The molecule has 0 aliphatic carbocycles. The van der Waals surface area contributed by atoms with Crippen molar-refractivity contribution >= 4 is 26.7 Å². The highest BCUT2D eigenvalue weighted by Crippen LogP contribution is 2.36. The second-order valence-electron chi connectivity index (χ2n) is 8.52. The van der Waals surface area contributed by atoms with Crippen LogP contribution in [0, 0.1) is 0 Å². The number of hydrogen-bond donors (Lipinski definition) is 0. The monoisotopic (exact) mass is 496 g/mol. The van der Waals surface area contributed by atoms with Gasteiger partial charge in [0.25, 0.3) is 17.9 Å². The predicted octanol–water partition coefficient (Wildman–Crippen LogP) is 4.68. The topological polar surface area (TPSA) is 107 Å². The van der Waals surface area contributed by atoms with Gasteiger partial charge < -0.3 is 27.5 Å². The van der Waals surface area contributed by atoms with E-state index in [0.29, 0.717) is 18.8 Å². The summed E-state index contributed by atoms with van der Waals surface area (Å²) < 4.78 is 33.4. The summed E-state index contributed by atoms with van der Waals surface area (Å²) >= 11 is 0. The fourth-order valence-corrected chi connectivity index (χ4v) is 6.02. The summed E-state index contributed by atoms with van der Waals surface area (Å²) in [6.07, 6.45) is 5.78. The van der Waals surface area contributed by atoms with E-state index in [4.69, 9.17) is 27.5 Å². The molecule has 190 valence electrons. The highest BCUT2D eigenvalue weighted by molar-refractivity contribution is 6.65. The molecule has 0 radical (unpaired) electrons. The Bertz CT molecular complexity index is 816. The van der Waals surface area contributed by atoms with Crippen LogP contribution in [0.1, 0.15) is 78.7 Å². The molecular formula is C24H36O9Si. The first-order valence-corrected chi connectivity index (χ1v) is 13.7. The van der Waals surface area contributed by atoms with Gasteiger partial charge in [-0.3, -0.25) is 14.4 Å². The summed E-state index contributed by atoms with van der Waals surface area (Å²) in [5, 5.41) is 0. The highest BCUT2D eigenvalue weighted by atomic mass is 28.4. The summed E-state index contributed by atoms with van der Waals surface area (Å²) in [5.74, 6) is -1.30. The van der Waals surface area contributed by atoms with E-state index in [1.165, 1.54) is 33.6 Å². The van der Waals surface area contributed by atoms with Gasteiger partial charge in [-0.05, 0) is 31.0 Å². The first kappa shape index (κ1) is 27.6. The van der Waals surface area contributed by atoms with Crippen LogP contribution in [0.25, 0.3) is 0 Å². The van der Waals surface area contributed by atoms with E-state index < -0.39 is 32.5 Å². The first-order valence-electron chi connectivity index (χ1n) is 11.7. The van der Waals surface area contributed by atoms with Crippen molar-refractivity contribution in [2.24, 2.45) is 0 Å². The summed E-state index contributed by atoms with van der Waals surface area (Å²) in [7, 11) is -3.85. The number of hydrogen-bond acceptors (Lipinski definition) is 9. The third-order valence-corrected chi connectivity index (χ3v) is 7.93. The third-order valence-electron chi connectivity index (χ3n) is 5.17. The smallest absolute Gasteiger partial charge is 0.494 e. The molecule has 0 saturated heterocycles. The van der Waals surface area contributed by atoms with Crippen molar-refractivity contribution in [2.45, 2.75) is 91.6 Å². The van der Waals surface area contributed by atoms with E-state index in [2.05, 4.69) is 6.92 Å². The highest BCUT2D eigenvalue weighted by Gasteiger charge is 2.51. The number of carbonyl (C=O) groups excluding carboxylic acids is 3. The standard InChI is InChI=1S/C24H36O9Si/c1-6-7-8-9-13-24(5)29-17-21-16-22(11-12-23(21)30-24)28-14-10-15-34(31-18(2)25,32-19(3)26)33-20(4)27/h11-12,16H,6-10,13-15,17H2,1-5H3. The van der Waals surface area contributed by atoms with Crippen LogP contribution in [0.3, 0.4) is 0 Å². The molecule has 9 nitrogen and oxygen atoms in total. The van der Waals surface area contributed by atoms with Crippen LogP contribution in [-0.4, -0.2) is 39.1 Å². The fraction of sp³-hybridized carbons (Fsp3) is 0.625. The Labute approximate surface area is 202 Å². The maximum atomic E-state index is 11.5. The average molecular weight is 497 g/mol. The molecule has 1 heterocycles. The van der Waals surface area contributed by atoms with Crippen molar-refractivity contribution in [3.8, 4) is 11.5 Å². The van der Waals surface area contributed by atoms with E-state index in [1.807, 2.05) is 25.1 Å². The Balaban J connectivity index is 1.93. The molecule has 1 aromatic rings. The van der Waals surface area contributed by atoms with Crippen LogP contribution in [-0.2, 0) is 39.0 Å². The average Bonchev–Trinajstić information content (AvgIpc) is 2.73. The molecule has 1 aliphatic heterocycles. The number of carbonyl (C=O) groups is 3. The van der Waals surface area contributed by atoms with Gasteiger partial charge in [0, 0.05) is 39.7 Å². The molecule has 1 atom stereocenters. The van der Waals surface area contributed by atoms with Crippen molar-refractivity contribution in [3.63, 3.8) is 0 Å². The van der Waals surface area contributed by atoms with Crippen molar-refractivity contribution < 1.29 is 41.9 Å². The lowest BCUT2D eigenvalue weighted by Gasteiger charge is -2.36. The van der Waals surface area contributed by atoms with Crippen LogP contribution in [0.4, 0.5) is 0 Å². The predicted molar refractivity (Wildman–Crippen MR) is 125 cm³/mol. The molecule has 1 aromatic carbocycles. The molecule has 0 spiro atoms. The molecule has 1 unspecified atom stereocenters. The van der Waals surface area contributed by atoms with Crippen molar-refractivity contribution in [1.82, 2.24) is 0 Å². The van der Waals surface area contributed by atoms with Crippen molar-refractivity contribution in [3.05, 3.63) is 23.8 Å².